The Morgan fingerprint density at radius 2 is 2.17 bits per heavy atom. The fraction of sp³-hybridized carbons (Fsp3) is 0.471. The third-order valence-corrected chi connectivity index (χ3v) is 4.43. The predicted molar refractivity (Wildman–Crippen MR) is 89.2 cm³/mol. The van der Waals surface area contributed by atoms with Crippen LogP contribution in [-0.4, -0.2) is 26.5 Å². The predicted octanol–water partition coefficient (Wildman–Crippen LogP) is 2.50. The molecule has 1 aliphatic carbocycles. The first-order valence-corrected chi connectivity index (χ1v) is 8.23. The molecule has 1 amide bonds. The molecule has 3 rings (SSSR count). The number of hydrogen-bond donors (Lipinski definition) is 2. The molecule has 1 saturated carbocycles. The lowest BCUT2D eigenvalue weighted by Gasteiger charge is -2.24. The van der Waals surface area contributed by atoms with E-state index < -0.39 is 6.04 Å². The Hall–Kier alpha value is -2.21. The Labute approximate surface area is 136 Å². The molecule has 2 heterocycles. The van der Waals surface area contributed by atoms with Crippen molar-refractivity contribution >= 4 is 11.6 Å². The van der Waals surface area contributed by atoms with Crippen molar-refractivity contribution in [3.8, 4) is 5.82 Å². The average molecular weight is 313 g/mol. The Morgan fingerprint density at radius 3 is 2.83 bits per heavy atom. The quantitative estimate of drug-likeness (QED) is 0.888. The molecule has 1 atom stereocenters. The molecular formula is C17H23N5O. The van der Waals surface area contributed by atoms with E-state index in [-0.39, 0.29) is 5.91 Å². The van der Waals surface area contributed by atoms with Crippen LogP contribution in [0.2, 0.25) is 0 Å². The highest BCUT2D eigenvalue weighted by Crippen LogP contribution is 2.27. The number of nitrogens with two attached hydrogens (primary N) is 1. The molecule has 0 aromatic carbocycles. The number of nitrogens with one attached hydrogen (secondary N) is 1. The van der Waals surface area contributed by atoms with Crippen LogP contribution in [0.4, 0.5) is 5.69 Å². The van der Waals surface area contributed by atoms with Crippen LogP contribution in [0.25, 0.3) is 5.82 Å². The lowest BCUT2D eigenvalue weighted by Crippen LogP contribution is -2.37. The first-order chi connectivity index (χ1) is 11.2. The molecule has 23 heavy (non-hydrogen) atoms. The molecule has 1 unspecified atom stereocenters. The maximum Gasteiger partial charge on any atom is 0.241 e. The highest BCUT2D eigenvalue weighted by Gasteiger charge is 2.21. The van der Waals surface area contributed by atoms with Crippen molar-refractivity contribution in [3.63, 3.8) is 0 Å². The zero-order valence-electron chi connectivity index (χ0n) is 13.2. The van der Waals surface area contributed by atoms with E-state index in [1.54, 1.807) is 23.3 Å². The number of carbonyl (C=O) groups excluding carboxylic acids is 1. The Balaban J connectivity index is 1.54. The number of pyridine rings is 1. The molecule has 122 valence electrons. The van der Waals surface area contributed by atoms with Gasteiger partial charge in [0, 0.05) is 12.4 Å². The number of carbonyl (C=O) groups is 1. The fourth-order valence-electron chi connectivity index (χ4n) is 3.13. The second kappa shape index (κ2) is 7.37. The van der Waals surface area contributed by atoms with Crippen LogP contribution in [0.1, 0.15) is 38.5 Å². The molecule has 0 bridgehead atoms. The molecule has 0 radical (unpaired) electrons. The van der Waals surface area contributed by atoms with Crippen LogP contribution in [-0.2, 0) is 4.79 Å². The van der Waals surface area contributed by atoms with Gasteiger partial charge in [-0.1, -0.05) is 32.1 Å². The lowest BCUT2D eigenvalue weighted by molar-refractivity contribution is -0.117. The molecule has 0 spiro atoms. The maximum atomic E-state index is 12.2. The lowest BCUT2D eigenvalue weighted by atomic mass is 9.85. The first-order valence-electron chi connectivity index (χ1n) is 8.23. The van der Waals surface area contributed by atoms with Crippen LogP contribution >= 0.6 is 0 Å². The van der Waals surface area contributed by atoms with Gasteiger partial charge in [-0.15, -0.1) is 0 Å². The molecule has 1 fully saturated rings. The number of nitrogens with zero attached hydrogens (tertiary/aromatic N) is 3. The van der Waals surface area contributed by atoms with Gasteiger partial charge in [-0.2, -0.15) is 0 Å². The normalized spacial score (nSPS) is 16.9. The van der Waals surface area contributed by atoms with Crippen LogP contribution in [0.15, 0.2) is 37.1 Å². The highest BCUT2D eigenvalue weighted by atomic mass is 16.2. The van der Waals surface area contributed by atoms with Crippen LogP contribution in [0.3, 0.4) is 0 Å². The van der Waals surface area contributed by atoms with E-state index in [0.717, 1.165) is 12.2 Å². The summed E-state index contributed by atoms with van der Waals surface area (Å²) in [4.78, 5) is 20.5. The largest absolute Gasteiger partial charge is 0.323 e. The van der Waals surface area contributed by atoms with Crippen molar-refractivity contribution in [2.75, 3.05) is 5.32 Å². The minimum atomic E-state index is -0.452. The monoisotopic (exact) mass is 313 g/mol. The van der Waals surface area contributed by atoms with Crippen LogP contribution in [0, 0.1) is 5.92 Å². The van der Waals surface area contributed by atoms with E-state index >= 15 is 0 Å². The van der Waals surface area contributed by atoms with Gasteiger partial charge in [0.25, 0.3) is 0 Å². The van der Waals surface area contributed by atoms with Gasteiger partial charge in [0.15, 0.2) is 0 Å². The molecule has 1 aliphatic rings. The van der Waals surface area contributed by atoms with Crippen molar-refractivity contribution in [3.05, 3.63) is 37.1 Å². The first kappa shape index (κ1) is 15.7. The average Bonchev–Trinajstić information content (AvgIpc) is 3.11. The summed E-state index contributed by atoms with van der Waals surface area (Å²) in [5.74, 6) is 1.21. The van der Waals surface area contributed by atoms with Gasteiger partial charge < -0.3 is 11.1 Å². The maximum absolute atomic E-state index is 12.2. The Kier molecular flexibility index (Phi) is 5.02. The summed E-state index contributed by atoms with van der Waals surface area (Å²) in [6.07, 6.45) is 13.8. The number of hydrogen-bond acceptors (Lipinski definition) is 4. The molecule has 0 aliphatic heterocycles. The van der Waals surface area contributed by atoms with Gasteiger partial charge in [-0.25, -0.2) is 9.97 Å². The van der Waals surface area contributed by atoms with Crippen LogP contribution in [0.5, 0.6) is 0 Å². The minimum absolute atomic E-state index is 0.132. The zero-order valence-corrected chi connectivity index (χ0v) is 13.2. The summed E-state index contributed by atoms with van der Waals surface area (Å²) >= 11 is 0. The Morgan fingerprint density at radius 1 is 1.35 bits per heavy atom. The van der Waals surface area contributed by atoms with Gasteiger partial charge in [0.1, 0.15) is 12.1 Å². The second-order valence-corrected chi connectivity index (χ2v) is 6.21. The SMILES string of the molecule is NC(CC1CCCCC1)C(=O)Nc1ccc(-n2ccnc2)nc1. The number of amides is 1. The summed E-state index contributed by atoms with van der Waals surface area (Å²) in [5.41, 5.74) is 6.72. The Bertz CT molecular complexity index is 617. The summed E-state index contributed by atoms with van der Waals surface area (Å²) < 4.78 is 1.81. The molecule has 6 nitrogen and oxygen atoms in total. The minimum Gasteiger partial charge on any atom is -0.323 e. The van der Waals surface area contributed by atoms with E-state index in [1.165, 1.54) is 32.1 Å². The van der Waals surface area contributed by atoms with E-state index in [9.17, 15) is 4.79 Å². The summed E-state index contributed by atoms with van der Waals surface area (Å²) in [5, 5.41) is 2.85. The third kappa shape index (κ3) is 4.16. The number of anilines is 1. The number of aromatic nitrogens is 3. The molecule has 6 heteroatoms. The van der Waals surface area contributed by atoms with E-state index in [4.69, 9.17) is 5.73 Å². The summed E-state index contributed by atoms with van der Waals surface area (Å²) in [6, 6.07) is 3.21. The van der Waals surface area contributed by atoms with Gasteiger partial charge in [-0.3, -0.25) is 9.36 Å². The van der Waals surface area contributed by atoms with Gasteiger partial charge in [0.2, 0.25) is 5.91 Å². The number of imidazole rings is 1. The van der Waals surface area contributed by atoms with Gasteiger partial charge >= 0.3 is 0 Å². The van der Waals surface area contributed by atoms with Crippen molar-refractivity contribution in [1.82, 2.24) is 14.5 Å². The standard InChI is InChI=1S/C17H23N5O/c18-15(10-13-4-2-1-3-5-13)17(23)21-14-6-7-16(20-11-14)22-9-8-19-12-22/h6-9,11-13,15H,1-5,10,18H2,(H,21,23). The topological polar surface area (TPSA) is 85.8 Å². The smallest absolute Gasteiger partial charge is 0.241 e. The summed E-state index contributed by atoms with van der Waals surface area (Å²) in [6.45, 7) is 0. The van der Waals surface area contributed by atoms with Crippen LogP contribution < -0.4 is 11.1 Å². The zero-order chi connectivity index (χ0) is 16.1. The van der Waals surface area contributed by atoms with E-state index in [0.29, 0.717) is 11.6 Å². The van der Waals surface area contributed by atoms with Crippen molar-refractivity contribution in [2.24, 2.45) is 11.7 Å². The fourth-order valence-corrected chi connectivity index (χ4v) is 3.13. The molecule has 0 saturated heterocycles. The summed E-state index contributed by atoms with van der Waals surface area (Å²) in [7, 11) is 0. The van der Waals surface area contributed by atoms with Crippen molar-refractivity contribution in [2.45, 2.75) is 44.6 Å². The molecular weight excluding hydrogens is 290 g/mol. The van der Waals surface area contributed by atoms with Gasteiger partial charge in [0.05, 0.1) is 17.9 Å². The molecule has 2 aromatic heterocycles. The molecule has 2 aromatic rings. The molecule has 3 N–H and O–H groups in total. The van der Waals surface area contributed by atoms with Gasteiger partial charge in [-0.05, 0) is 24.5 Å². The van der Waals surface area contributed by atoms with E-state index in [2.05, 4.69) is 15.3 Å². The van der Waals surface area contributed by atoms with E-state index in [1.807, 2.05) is 18.3 Å². The van der Waals surface area contributed by atoms with Crippen molar-refractivity contribution in [1.29, 1.82) is 0 Å². The third-order valence-electron chi connectivity index (χ3n) is 4.43. The number of rotatable bonds is 5. The highest BCUT2D eigenvalue weighted by molar-refractivity contribution is 5.94. The van der Waals surface area contributed by atoms with Crippen molar-refractivity contribution < 1.29 is 4.79 Å². The second-order valence-electron chi connectivity index (χ2n) is 6.21.